The van der Waals surface area contributed by atoms with E-state index in [9.17, 15) is 4.79 Å². The summed E-state index contributed by atoms with van der Waals surface area (Å²) in [5.41, 5.74) is 5.68. The molecule has 0 unspecified atom stereocenters. The van der Waals surface area contributed by atoms with Gasteiger partial charge in [-0.1, -0.05) is 48.5 Å². The standard InChI is InChI=1S/C25H24N4O/c1-18-23(25(30)26-20-14-16-21(17-15-20)28(2)3)24(19-10-6-4-7-11-19)27-29(18)22-12-8-5-9-13-22/h4-17H,1-3H3,(H,26,30). The maximum Gasteiger partial charge on any atom is 0.259 e. The number of carbonyl (C=O) groups excluding carboxylic acids is 1. The highest BCUT2D eigenvalue weighted by atomic mass is 16.1. The zero-order chi connectivity index (χ0) is 21.1. The number of carbonyl (C=O) groups is 1. The number of nitrogens with zero attached hydrogens (tertiary/aromatic N) is 3. The molecule has 0 radical (unpaired) electrons. The fourth-order valence-corrected chi connectivity index (χ4v) is 3.43. The highest BCUT2D eigenvalue weighted by molar-refractivity contribution is 6.09. The summed E-state index contributed by atoms with van der Waals surface area (Å²) in [6, 6.07) is 27.4. The molecule has 0 aliphatic rings. The van der Waals surface area contributed by atoms with E-state index in [-0.39, 0.29) is 5.91 Å². The van der Waals surface area contributed by atoms with E-state index in [4.69, 9.17) is 5.10 Å². The predicted octanol–water partition coefficient (Wildman–Crippen LogP) is 5.17. The van der Waals surface area contributed by atoms with Crippen molar-refractivity contribution >= 4 is 17.3 Å². The van der Waals surface area contributed by atoms with Gasteiger partial charge in [-0.3, -0.25) is 4.79 Å². The Morgan fingerprint density at radius 2 is 1.47 bits per heavy atom. The lowest BCUT2D eigenvalue weighted by Crippen LogP contribution is -2.14. The summed E-state index contributed by atoms with van der Waals surface area (Å²) in [4.78, 5) is 15.3. The van der Waals surface area contributed by atoms with Gasteiger partial charge in [-0.2, -0.15) is 5.10 Å². The first-order chi connectivity index (χ1) is 14.5. The summed E-state index contributed by atoms with van der Waals surface area (Å²) in [6.07, 6.45) is 0. The topological polar surface area (TPSA) is 50.2 Å². The summed E-state index contributed by atoms with van der Waals surface area (Å²) < 4.78 is 1.83. The molecule has 0 saturated heterocycles. The molecule has 30 heavy (non-hydrogen) atoms. The van der Waals surface area contributed by atoms with Crippen LogP contribution in [0.4, 0.5) is 11.4 Å². The third kappa shape index (κ3) is 3.82. The van der Waals surface area contributed by atoms with Crippen molar-refractivity contribution in [3.8, 4) is 16.9 Å². The van der Waals surface area contributed by atoms with E-state index in [0.717, 1.165) is 28.3 Å². The van der Waals surface area contributed by atoms with E-state index in [1.54, 1.807) is 0 Å². The first kappa shape index (κ1) is 19.5. The van der Waals surface area contributed by atoms with E-state index in [0.29, 0.717) is 11.3 Å². The number of anilines is 2. The summed E-state index contributed by atoms with van der Waals surface area (Å²) in [5, 5.41) is 7.83. The molecule has 0 spiro atoms. The minimum atomic E-state index is -0.175. The summed E-state index contributed by atoms with van der Waals surface area (Å²) in [5.74, 6) is -0.175. The van der Waals surface area contributed by atoms with Crippen molar-refractivity contribution in [3.63, 3.8) is 0 Å². The van der Waals surface area contributed by atoms with Gasteiger partial charge in [-0.25, -0.2) is 4.68 Å². The fourth-order valence-electron chi connectivity index (χ4n) is 3.43. The molecule has 1 heterocycles. The quantitative estimate of drug-likeness (QED) is 0.507. The van der Waals surface area contributed by atoms with Gasteiger partial charge in [0.2, 0.25) is 0 Å². The minimum absolute atomic E-state index is 0.175. The van der Waals surface area contributed by atoms with Gasteiger partial charge in [0, 0.05) is 31.0 Å². The number of benzene rings is 3. The average Bonchev–Trinajstić information content (AvgIpc) is 3.12. The van der Waals surface area contributed by atoms with Gasteiger partial charge in [-0.05, 0) is 43.3 Å². The van der Waals surface area contributed by atoms with E-state index in [1.807, 2.05) is 116 Å². The van der Waals surface area contributed by atoms with Crippen LogP contribution in [0.15, 0.2) is 84.9 Å². The highest BCUT2D eigenvalue weighted by Crippen LogP contribution is 2.28. The number of hydrogen-bond acceptors (Lipinski definition) is 3. The van der Waals surface area contributed by atoms with Crippen molar-refractivity contribution in [1.82, 2.24) is 9.78 Å². The van der Waals surface area contributed by atoms with Crippen LogP contribution in [0.1, 0.15) is 16.1 Å². The molecule has 0 fully saturated rings. The molecule has 1 N–H and O–H groups in total. The molecule has 4 rings (SSSR count). The highest BCUT2D eigenvalue weighted by Gasteiger charge is 2.23. The Kier molecular flexibility index (Phi) is 5.35. The lowest BCUT2D eigenvalue weighted by molar-refractivity contribution is 0.102. The molecule has 1 amide bonds. The van der Waals surface area contributed by atoms with E-state index in [1.165, 1.54) is 0 Å². The lowest BCUT2D eigenvalue weighted by atomic mass is 10.1. The molecule has 1 aromatic heterocycles. The van der Waals surface area contributed by atoms with Gasteiger partial charge in [0.15, 0.2) is 0 Å². The Morgan fingerprint density at radius 1 is 0.867 bits per heavy atom. The maximum atomic E-state index is 13.3. The van der Waals surface area contributed by atoms with Crippen LogP contribution >= 0.6 is 0 Å². The Bertz CT molecular complexity index is 1150. The molecular formula is C25H24N4O. The average molecular weight is 396 g/mol. The van der Waals surface area contributed by atoms with Crippen molar-refractivity contribution in [2.24, 2.45) is 0 Å². The molecule has 0 aliphatic carbocycles. The summed E-state index contributed by atoms with van der Waals surface area (Å²) in [6.45, 7) is 1.93. The third-order valence-electron chi connectivity index (χ3n) is 5.03. The van der Waals surface area contributed by atoms with E-state index in [2.05, 4.69) is 5.32 Å². The fraction of sp³-hybridized carbons (Fsp3) is 0.120. The van der Waals surface area contributed by atoms with Crippen molar-refractivity contribution < 1.29 is 4.79 Å². The second kappa shape index (κ2) is 8.25. The van der Waals surface area contributed by atoms with Gasteiger partial charge < -0.3 is 10.2 Å². The Hall–Kier alpha value is -3.86. The Morgan fingerprint density at radius 3 is 2.07 bits per heavy atom. The van der Waals surface area contributed by atoms with Crippen LogP contribution in [0.2, 0.25) is 0 Å². The Labute approximate surface area is 176 Å². The maximum absolute atomic E-state index is 13.3. The van der Waals surface area contributed by atoms with Crippen LogP contribution in [0.25, 0.3) is 16.9 Å². The number of rotatable bonds is 5. The molecule has 0 aliphatic heterocycles. The van der Waals surface area contributed by atoms with Gasteiger partial charge in [0.1, 0.15) is 5.69 Å². The van der Waals surface area contributed by atoms with Crippen LogP contribution in [0, 0.1) is 6.92 Å². The molecule has 3 aromatic carbocycles. The first-order valence-corrected chi connectivity index (χ1v) is 9.84. The van der Waals surface area contributed by atoms with Crippen molar-refractivity contribution in [2.75, 3.05) is 24.3 Å². The van der Waals surface area contributed by atoms with Crippen molar-refractivity contribution in [3.05, 3.63) is 96.2 Å². The SMILES string of the molecule is Cc1c(C(=O)Nc2ccc(N(C)C)cc2)c(-c2ccccc2)nn1-c1ccccc1. The molecule has 0 saturated carbocycles. The molecular weight excluding hydrogens is 372 g/mol. The van der Waals surface area contributed by atoms with Crippen molar-refractivity contribution in [2.45, 2.75) is 6.92 Å². The molecule has 0 atom stereocenters. The van der Waals surface area contributed by atoms with Crippen LogP contribution in [0.3, 0.4) is 0 Å². The summed E-state index contributed by atoms with van der Waals surface area (Å²) >= 11 is 0. The van der Waals surface area contributed by atoms with Crippen LogP contribution < -0.4 is 10.2 Å². The largest absolute Gasteiger partial charge is 0.378 e. The zero-order valence-corrected chi connectivity index (χ0v) is 17.3. The van der Waals surface area contributed by atoms with Crippen molar-refractivity contribution in [1.29, 1.82) is 0 Å². The second-order valence-electron chi connectivity index (χ2n) is 7.32. The van der Waals surface area contributed by atoms with E-state index >= 15 is 0 Å². The Balaban J connectivity index is 1.75. The van der Waals surface area contributed by atoms with Crippen LogP contribution in [-0.2, 0) is 0 Å². The number of aromatic nitrogens is 2. The number of para-hydroxylation sites is 1. The van der Waals surface area contributed by atoms with Gasteiger partial charge >= 0.3 is 0 Å². The van der Waals surface area contributed by atoms with Crippen LogP contribution in [-0.4, -0.2) is 29.8 Å². The monoisotopic (exact) mass is 396 g/mol. The number of hydrogen-bond donors (Lipinski definition) is 1. The third-order valence-corrected chi connectivity index (χ3v) is 5.03. The van der Waals surface area contributed by atoms with E-state index < -0.39 is 0 Å². The van der Waals surface area contributed by atoms with Gasteiger partial charge in [-0.15, -0.1) is 0 Å². The normalized spacial score (nSPS) is 10.6. The summed E-state index contributed by atoms with van der Waals surface area (Å²) in [7, 11) is 3.97. The number of amides is 1. The molecule has 150 valence electrons. The smallest absolute Gasteiger partial charge is 0.259 e. The second-order valence-corrected chi connectivity index (χ2v) is 7.32. The van der Waals surface area contributed by atoms with Gasteiger partial charge in [0.05, 0.1) is 16.9 Å². The van der Waals surface area contributed by atoms with Crippen LogP contribution in [0.5, 0.6) is 0 Å². The zero-order valence-electron chi connectivity index (χ0n) is 17.3. The molecule has 0 bridgehead atoms. The number of nitrogens with one attached hydrogen (secondary N) is 1. The predicted molar refractivity (Wildman–Crippen MR) is 122 cm³/mol. The molecule has 5 heteroatoms. The molecule has 4 aromatic rings. The molecule has 5 nitrogen and oxygen atoms in total. The van der Waals surface area contributed by atoms with Gasteiger partial charge in [0.25, 0.3) is 5.91 Å². The first-order valence-electron chi connectivity index (χ1n) is 9.84. The minimum Gasteiger partial charge on any atom is -0.378 e. The lowest BCUT2D eigenvalue weighted by Gasteiger charge is -2.13.